The van der Waals surface area contributed by atoms with Gasteiger partial charge in [-0.1, -0.05) is 0 Å². The first-order valence-corrected chi connectivity index (χ1v) is 7.94. The van der Waals surface area contributed by atoms with Crippen LogP contribution < -0.4 is 5.32 Å². The molecule has 0 aliphatic carbocycles. The summed E-state index contributed by atoms with van der Waals surface area (Å²) >= 11 is 0. The van der Waals surface area contributed by atoms with Gasteiger partial charge in [-0.15, -0.1) is 0 Å². The number of anilines is 1. The quantitative estimate of drug-likeness (QED) is 0.670. The van der Waals surface area contributed by atoms with Crippen molar-refractivity contribution in [3.05, 3.63) is 29.3 Å². The van der Waals surface area contributed by atoms with E-state index < -0.39 is 5.97 Å². The lowest BCUT2D eigenvalue weighted by atomic mass is 10.1. The maximum absolute atomic E-state index is 12.0. The van der Waals surface area contributed by atoms with Crippen molar-refractivity contribution in [1.82, 2.24) is 0 Å². The molecule has 1 aromatic carbocycles. The number of hydrogen-bond donors (Lipinski definition) is 2. The van der Waals surface area contributed by atoms with Gasteiger partial charge in [0, 0.05) is 19.4 Å². The minimum absolute atomic E-state index is 0.106. The van der Waals surface area contributed by atoms with Gasteiger partial charge in [-0.25, -0.2) is 4.79 Å². The number of carbonyl (C=O) groups excluding carboxylic acids is 1. The number of carboxylic acid groups (broad SMARTS) is 1. The van der Waals surface area contributed by atoms with Crippen LogP contribution in [0.15, 0.2) is 18.2 Å². The Morgan fingerprint density at radius 3 is 2.88 bits per heavy atom. The molecule has 1 atom stereocenters. The van der Waals surface area contributed by atoms with Gasteiger partial charge in [-0.2, -0.15) is 0 Å². The first kappa shape index (κ1) is 18.4. The predicted octanol–water partition coefficient (Wildman–Crippen LogP) is 2.06. The van der Waals surface area contributed by atoms with E-state index in [-0.39, 0.29) is 30.6 Å². The monoisotopic (exact) mass is 337 g/mol. The molecule has 1 aromatic rings. The molecule has 1 fully saturated rings. The Morgan fingerprint density at radius 1 is 1.38 bits per heavy atom. The normalized spacial score (nSPS) is 17.0. The summed E-state index contributed by atoms with van der Waals surface area (Å²) in [7, 11) is 1.52. The molecule has 1 amide bonds. The zero-order valence-corrected chi connectivity index (χ0v) is 13.7. The maximum Gasteiger partial charge on any atom is 0.335 e. The van der Waals surface area contributed by atoms with Crippen LogP contribution in [-0.2, 0) is 25.6 Å². The van der Waals surface area contributed by atoms with Crippen molar-refractivity contribution >= 4 is 17.6 Å². The van der Waals surface area contributed by atoms with E-state index in [4.69, 9.17) is 19.3 Å². The summed E-state index contributed by atoms with van der Waals surface area (Å²) in [6, 6.07) is 4.64. The lowest BCUT2D eigenvalue weighted by Crippen LogP contribution is -2.18. The topological polar surface area (TPSA) is 94.1 Å². The van der Waals surface area contributed by atoms with E-state index in [1.54, 1.807) is 6.07 Å². The Balaban J connectivity index is 1.82. The Labute approximate surface area is 140 Å². The van der Waals surface area contributed by atoms with Crippen LogP contribution in [0, 0.1) is 0 Å². The minimum Gasteiger partial charge on any atom is -0.478 e. The number of rotatable bonds is 9. The number of carboxylic acids is 1. The molecule has 2 N–H and O–H groups in total. The molecule has 1 unspecified atom stereocenters. The summed E-state index contributed by atoms with van der Waals surface area (Å²) < 4.78 is 15.9. The van der Waals surface area contributed by atoms with E-state index >= 15 is 0 Å². The van der Waals surface area contributed by atoms with Crippen LogP contribution in [0.5, 0.6) is 0 Å². The molecular formula is C17H23NO6. The summed E-state index contributed by atoms with van der Waals surface area (Å²) in [5.41, 5.74) is 1.22. The zero-order valence-electron chi connectivity index (χ0n) is 13.7. The van der Waals surface area contributed by atoms with E-state index in [2.05, 4.69) is 5.32 Å². The van der Waals surface area contributed by atoms with Gasteiger partial charge >= 0.3 is 5.97 Å². The lowest BCUT2D eigenvalue weighted by Gasteiger charge is -2.11. The molecule has 2 rings (SSSR count). The second-order valence-corrected chi connectivity index (χ2v) is 5.66. The third-order valence-corrected chi connectivity index (χ3v) is 3.64. The molecule has 132 valence electrons. The molecule has 7 nitrogen and oxygen atoms in total. The van der Waals surface area contributed by atoms with E-state index in [9.17, 15) is 9.59 Å². The van der Waals surface area contributed by atoms with E-state index in [0.717, 1.165) is 19.4 Å². The number of hydrogen-bond acceptors (Lipinski definition) is 5. The number of ether oxygens (including phenoxy) is 3. The highest BCUT2D eigenvalue weighted by Crippen LogP contribution is 2.17. The molecule has 0 aromatic heterocycles. The number of carbonyl (C=O) groups is 2. The minimum atomic E-state index is -1.05. The van der Waals surface area contributed by atoms with Crippen LogP contribution in [0.4, 0.5) is 5.69 Å². The first-order chi connectivity index (χ1) is 11.6. The summed E-state index contributed by atoms with van der Waals surface area (Å²) in [5.74, 6) is -1.28. The van der Waals surface area contributed by atoms with Crippen molar-refractivity contribution in [2.45, 2.75) is 32.0 Å². The van der Waals surface area contributed by atoms with Gasteiger partial charge in [-0.05, 0) is 36.6 Å². The Kier molecular flexibility index (Phi) is 7.17. The molecule has 7 heteroatoms. The molecule has 0 bridgehead atoms. The van der Waals surface area contributed by atoms with E-state index in [1.165, 1.54) is 19.2 Å². The lowest BCUT2D eigenvalue weighted by molar-refractivity contribution is -0.117. The Morgan fingerprint density at radius 2 is 2.21 bits per heavy atom. The number of amides is 1. The van der Waals surface area contributed by atoms with Gasteiger partial charge in [0.05, 0.1) is 37.9 Å². The molecule has 1 aliphatic heterocycles. The van der Waals surface area contributed by atoms with Crippen LogP contribution in [0.2, 0.25) is 0 Å². The Bertz CT molecular complexity index is 568. The van der Waals surface area contributed by atoms with Crippen molar-refractivity contribution in [1.29, 1.82) is 0 Å². The van der Waals surface area contributed by atoms with Crippen molar-refractivity contribution in [3.63, 3.8) is 0 Å². The average Bonchev–Trinajstić information content (AvgIpc) is 3.05. The highest BCUT2D eigenvalue weighted by molar-refractivity contribution is 5.94. The average molecular weight is 337 g/mol. The van der Waals surface area contributed by atoms with Crippen molar-refractivity contribution in [2.24, 2.45) is 0 Å². The third kappa shape index (κ3) is 5.92. The molecule has 0 saturated carbocycles. The number of nitrogens with one attached hydrogen (secondary N) is 1. The summed E-state index contributed by atoms with van der Waals surface area (Å²) in [6.45, 7) is 1.85. The van der Waals surface area contributed by atoms with Crippen LogP contribution in [0.3, 0.4) is 0 Å². The molecule has 1 heterocycles. The summed E-state index contributed by atoms with van der Waals surface area (Å²) in [6.07, 6.45) is 2.38. The van der Waals surface area contributed by atoms with Crippen LogP contribution in [0.25, 0.3) is 0 Å². The fraction of sp³-hybridized carbons (Fsp3) is 0.529. The molecule has 0 spiro atoms. The van der Waals surface area contributed by atoms with Gasteiger partial charge in [0.25, 0.3) is 0 Å². The van der Waals surface area contributed by atoms with Gasteiger partial charge in [-0.3, -0.25) is 4.79 Å². The highest BCUT2D eigenvalue weighted by Gasteiger charge is 2.15. The molecular weight excluding hydrogens is 314 g/mol. The summed E-state index contributed by atoms with van der Waals surface area (Å²) in [5, 5.41) is 11.8. The van der Waals surface area contributed by atoms with Crippen LogP contribution >= 0.6 is 0 Å². The number of aromatic carboxylic acids is 1. The maximum atomic E-state index is 12.0. The van der Waals surface area contributed by atoms with Gasteiger partial charge < -0.3 is 24.6 Å². The standard InChI is InChI=1S/C17H23NO6/c1-22-10-12-7-13(17(20)21)9-14(8-12)18-16(19)4-6-23-11-15-3-2-5-24-15/h7-9,15H,2-6,10-11H2,1H3,(H,18,19)(H,20,21). The number of methoxy groups -OCH3 is 1. The van der Waals surface area contributed by atoms with E-state index in [0.29, 0.717) is 24.5 Å². The SMILES string of the molecule is COCc1cc(NC(=O)CCOCC2CCCO2)cc(C(=O)O)c1. The largest absolute Gasteiger partial charge is 0.478 e. The Hall–Kier alpha value is -1.96. The molecule has 0 radical (unpaired) electrons. The van der Waals surface area contributed by atoms with Crippen LogP contribution in [0.1, 0.15) is 35.2 Å². The van der Waals surface area contributed by atoms with Crippen LogP contribution in [-0.4, -0.2) is 50.0 Å². The first-order valence-electron chi connectivity index (χ1n) is 7.94. The van der Waals surface area contributed by atoms with Gasteiger partial charge in [0.2, 0.25) is 5.91 Å². The predicted molar refractivity (Wildman–Crippen MR) is 87.2 cm³/mol. The smallest absolute Gasteiger partial charge is 0.335 e. The second kappa shape index (κ2) is 9.36. The zero-order chi connectivity index (χ0) is 17.4. The third-order valence-electron chi connectivity index (χ3n) is 3.64. The van der Waals surface area contributed by atoms with Gasteiger partial charge in [0.1, 0.15) is 0 Å². The molecule has 24 heavy (non-hydrogen) atoms. The highest BCUT2D eigenvalue weighted by atomic mass is 16.5. The van der Waals surface area contributed by atoms with Crippen molar-refractivity contribution < 1.29 is 28.9 Å². The number of benzene rings is 1. The molecule has 1 aliphatic rings. The second-order valence-electron chi connectivity index (χ2n) is 5.66. The summed E-state index contributed by atoms with van der Waals surface area (Å²) in [4.78, 5) is 23.1. The van der Waals surface area contributed by atoms with Crippen molar-refractivity contribution in [2.75, 3.05) is 32.2 Å². The fourth-order valence-corrected chi connectivity index (χ4v) is 2.52. The van der Waals surface area contributed by atoms with Gasteiger partial charge in [0.15, 0.2) is 0 Å². The van der Waals surface area contributed by atoms with E-state index in [1.807, 2.05) is 0 Å². The molecule has 1 saturated heterocycles. The van der Waals surface area contributed by atoms with Crippen molar-refractivity contribution in [3.8, 4) is 0 Å². The fourth-order valence-electron chi connectivity index (χ4n) is 2.52.